The summed E-state index contributed by atoms with van der Waals surface area (Å²) in [5.74, 6) is 0.608. The summed E-state index contributed by atoms with van der Waals surface area (Å²) in [6, 6.07) is 10.3. The van der Waals surface area contributed by atoms with E-state index in [-0.39, 0.29) is 11.9 Å². The van der Waals surface area contributed by atoms with Gasteiger partial charge in [0.25, 0.3) is 0 Å². The maximum Gasteiger partial charge on any atom is 0.224 e. The molecule has 0 heterocycles. The maximum absolute atomic E-state index is 12.1. The Bertz CT molecular complexity index is 501. The summed E-state index contributed by atoms with van der Waals surface area (Å²) in [4.78, 5) is 12.1. The van der Waals surface area contributed by atoms with Crippen LogP contribution in [0.1, 0.15) is 37.7 Å². The fraction of sp³-hybridized carbons (Fsp3) is 0.500. The third kappa shape index (κ3) is 4.35. The number of nitrogens with zero attached hydrogens (tertiary/aromatic N) is 1. The van der Waals surface area contributed by atoms with E-state index in [1.165, 1.54) is 0 Å². The van der Waals surface area contributed by atoms with Gasteiger partial charge in [-0.3, -0.25) is 4.79 Å². The molecule has 0 unspecified atom stereocenters. The van der Waals surface area contributed by atoms with Crippen LogP contribution < -0.4 is 5.32 Å². The number of amides is 1. The second kappa shape index (κ2) is 7.44. The van der Waals surface area contributed by atoms with E-state index in [0.717, 1.165) is 35.7 Å². The molecule has 0 radical (unpaired) electrons. The van der Waals surface area contributed by atoms with Gasteiger partial charge in [-0.05, 0) is 43.2 Å². The van der Waals surface area contributed by atoms with Crippen LogP contribution in [-0.4, -0.2) is 11.9 Å². The molecule has 1 N–H and O–H groups in total. The largest absolute Gasteiger partial charge is 0.353 e. The number of carbonyl (C=O) groups excluding carboxylic acids is 1. The van der Waals surface area contributed by atoms with Crippen molar-refractivity contribution in [1.82, 2.24) is 5.32 Å². The molecule has 1 aliphatic rings. The Morgan fingerprint density at radius 1 is 1.30 bits per heavy atom. The molecular weight excluding hydrogens is 316 g/mol. The van der Waals surface area contributed by atoms with Crippen LogP contribution in [0.15, 0.2) is 28.7 Å². The smallest absolute Gasteiger partial charge is 0.224 e. The summed E-state index contributed by atoms with van der Waals surface area (Å²) in [5.41, 5.74) is 1.02. The zero-order valence-corrected chi connectivity index (χ0v) is 13.0. The standard InChI is InChI=1S/C16H19BrN2O/c17-15-4-2-1-3-13(15)11-16(20)19-14-7-5-12(6-8-14)9-10-18/h1-4,12,14H,5-9,11H2,(H,19,20). The van der Waals surface area contributed by atoms with Crippen molar-refractivity contribution in [2.75, 3.05) is 0 Å². The molecule has 0 spiro atoms. The number of hydrogen-bond acceptors (Lipinski definition) is 2. The number of carbonyl (C=O) groups is 1. The number of nitrogens with one attached hydrogen (secondary N) is 1. The van der Waals surface area contributed by atoms with E-state index in [0.29, 0.717) is 18.8 Å². The van der Waals surface area contributed by atoms with E-state index in [1.807, 2.05) is 24.3 Å². The van der Waals surface area contributed by atoms with E-state index in [4.69, 9.17) is 5.26 Å². The molecule has 4 heteroatoms. The van der Waals surface area contributed by atoms with E-state index >= 15 is 0 Å². The third-order valence-corrected chi connectivity index (χ3v) is 4.67. The number of rotatable bonds is 4. The SMILES string of the molecule is N#CCC1CCC(NC(=O)Cc2ccccc2Br)CC1. The minimum Gasteiger partial charge on any atom is -0.353 e. The summed E-state index contributed by atoms with van der Waals surface area (Å²) in [5, 5.41) is 11.8. The first kappa shape index (κ1) is 15.1. The van der Waals surface area contributed by atoms with Gasteiger partial charge in [0.15, 0.2) is 0 Å². The highest BCUT2D eigenvalue weighted by atomic mass is 79.9. The van der Waals surface area contributed by atoms with Crippen LogP contribution in [0.2, 0.25) is 0 Å². The van der Waals surface area contributed by atoms with Gasteiger partial charge in [-0.1, -0.05) is 34.1 Å². The lowest BCUT2D eigenvalue weighted by Gasteiger charge is -2.27. The quantitative estimate of drug-likeness (QED) is 0.914. The van der Waals surface area contributed by atoms with Crippen LogP contribution in [0.25, 0.3) is 0 Å². The number of halogens is 1. The van der Waals surface area contributed by atoms with Crippen molar-refractivity contribution in [1.29, 1.82) is 5.26 Å². The van der Waals surface area contributed by atoms with Crippen LogP contribution >= 0.6 is 15.9 Å². The zero-order chi connectivity index (χ0) is 14.4. The molecule has 0 aromatic heterocycles. The van der Waals surface area contributed by atoms with Gasteiger partial charge in [-0.15, -0.1) is 0 Å². The Morgan fingerprint density at radius 2 is 2.00 bits per heavy atom. The van der Waals surface area contributed by atoms with Crippen LogP contribution in [0.3, 0.4) is 0 Å². The van der Waals surface area contributed by atoms with Gasteiger partial charge in [-0.2, -0.15) is 5.26 Å². The second-order valence-electron chi connectivity index (χ2n) is 5.42. The molecule has 0 saturated heterocycles. The summed E-state index contributed by atoms with van der Waals surface area (Å²) in [6.07, 6.45) is 5.15. The molecule has 1 saturated carbocycles. The van der Waals surface area contributed by atoms with Gasteiger partial charge in [0, 0.05) is 16.9 Å². The molecule has 0 bridgehead atoms. The highest BCUT2D eigenvalue weighted by Gasteiger charge is 2.22. The Hall–Kier alpha value is -1.34. The summed E-state index contributed by atoms with van der Waals surface area (Å²) in [6.45, 7) is 0. The molecule has 1 aromatic rings. The minimum atomic E-state index is 0.0839. The van der Waals surface area contributed by atoms with Crippen molar-refractivity contribution in [3.8, 4) is 6.07 Å². The fourth-order valence-corrected chi connectivity index (χ4v) is 3.16. The number of hydrogen-bond donors (Lipinski definition) is 1. The summed E-state index contributed by atoms with van der Waals surface area (Å²) >= 11 is 3.46. The van der Waals surface area contributed by atoms with Gasteiger partial charge in [0.2, 0.25) is 5.91 Å². The van der Waals surface area contributed by atoms with Crippen LogP contribution in [0.5, 0.6) is 0 Å². The van der Waals surface area contributed by atoms with Gasteiger partial charge < -0.3 is 5.32 Å². The number of nitriles is 1. The zero-order valence-electron chi connectivity index (χ0n) is 11.4. The highest BCUT2D eigenvalue weighted by Crippen LogP contribution is 2.26. The first-order valence-electron chi connectivity index (χ1n) is 7.08. The lowest BCUT2D eigenvalue weighted by Crippen LogP contribution is -2.38. The third-order valence-electron chi connectivity index (χ3n) is 3.90. The molecule has 0 atom stereocenters. The van der Waals surface area contributed by atoms with Crippen LogP contribution in [0.4, 0.5) is 0 Å². The van der Waals surface area contributed by atoms with Crippen molar-refractivity contribution >= 4 is 21.8 Å². The van der Waals surface area contributed by atoms with Gasteiger partial charge in [0.05, 0.1) is 12.5 Å². The molecule has 20 heavy (non-hydrogen) atoms. The average Bonchev–Trinajstić information content (AvgIpc) is 2.44. The lowest BCUT2D eigenvalue weighted by molar-refractivity contribution is -0.121. The minimum absolute atomic E-state index is 0.0839. The Morgan fingerprint density at radius 3 is 2.65 bits per heavy atom. The van der Waals surface area contributed by atoms with Crippen molar-refractivity contribution < 1.29 is 4.79 Å². The van der Waals surface area contributed by atoms with E-state index in [2.05, 4.69) is 27.3 Å². The Kier molecular flexibility index (Phi) is 5.60. The van der Waals surface area contributed by atoms with Gasteiger partial charge in [-0.25, -0.2) is 0 Å². The molecule has 106 valence electrons. The molecule has 1 aromatic carbocycles. The molecule has 1 amide bonds. The van der Waals surface area contributed by atoms with E-state index in [9.17, 15) is 4.79 Å². The monoisotopic (exact) mass is 334 g/mol. The van der Waals surface area contributed by atoms with E-state index in [1.54, 1.807) is 0 Å². The molecule has 0 aliphatic heterocycles. The molecule has 1 aliphatic carbocycles. The highest BCUT2D eigenvalue weighted by molar-refractivity contribution is 9.10. The molecule has 3 nitrogen and oxygen atoms in total. The molecule has 2 rings (SSSR count). The van der Waals surface area contributed by atoms with Crippen LogP contribution in [-0.2, 0) is 11.2 Å². The fourth-order valence-electron chi connectivity index (χ4n) is 2.73. The summed E-state index contributed by atoms with van der Waals surface area (Å²) in [7, 11) is 0. The van der Waals surface area contributed by atoms with E-state index < -0.39 is 0 Å². The topological polar surface area (TPSA) is 52.9 Å². The Balaban J connectivity index is 1.79. The number of benzene rings is 1. The average molecular weight is 335 g/mol. The summed E-state index contributed by atoms with van der Waals surface area (Å²) < 4.78 is 0.980. The van der Waals surface area contributed by atoms with Crippen molar-refractivity contribution in [3.05, 3.63) is 34.3 Å². The first-order valence-corrected chi connectivity index (χ1v) is 7.88. The van der Waals surface area contributed by atoms with Gasteiger partial charge >= 0.3 is 0 Å². The predicted octanol–water partition coefficient (Wildman–Crippen LogP) is 3.58. The van der Waals surface area contributed by atoms with Crippen LogP contribution in [0, 0.1) is 17.2 Å². The maximum atomic E-state index is 12.1. The first-order chi connectivity index (χ1) is 9.69. The molecule has 1 fully saturated rings. The van der Waals surface area contributed by atoms with Crippen molar-refractivity contribution in [2.45, 2.75) is 44.6 Å². The van der Waals surface area contributed by atoms with Gasteiger partial charge in [0.1, 0.15) is 0 Å². The second-order valence-corrected chi connectivity index (χ2v) is 6.27. The van der Waals surface area contributed by atoms with Crippen molar-refractivity contribution in [3.63, 3.8) is 0 Å². The molecular formula is C16H19BrN2O. The lowest BCUT2D eigenvalue weighted by atomic mass is 9.84. The Labute approximate surface area is 128 Å². The normalized spacial score (nSPS) is 22.0. The van der Waals surface area contributed by atoms with Crippen molar-refractivity contribution in [2.24, 2.45) is 5.92 Å². The predicted molar refractivity (Wildman–Crippen MR) is 82.0 cm³/mol.